The van der Waals surface area contributed by atoms with Crippen LogP contribution in [-0.2, 0) is 0 Å². The van der Waals surface area contributed by atoms with Gasteiger partial charge in [-0.1, -0.05) is 17.7 Å². The number of aromatic nitrogens is 1. The van der Waals surface area contributed by atoms with Gasteiger partial charge < -0.3 is 20.3 Å². The third-order valence-electron chi connectivity index (χ3n) is 3.94. The van der Waals surface area contributed by atoms with Crippen molar-refractivity contribution in [3.8, 4) is 0 Å². The number of amides is 2. The van der Waals surface area contributed by atoms with Gasteiger partial charge in [0, 0.05) is 30.5 Å². The number of hydrogen-bond donors (Lipinski definition) is 3. The van der Waals surface area contributed by atoms with Crippen molar-refractivity contribution in [1.82, 2.24) is 9.88 Å². The van der Waals surface area contributed by atoms with Gasteiger partial charge in [0.2, 0.25) is 0 Å². The molecule has 1 aliphatic heterocycles. The lowest BCUT2D eigenvalue weighted by Gasteiger charge is -2.30. The Bertz CT molecular complexity index is 759. The Kier molecular flexibility index (Phi) is 4.87. The Hall–Kier alpha value is -2.31. The van der Waals surface area contributed by atoms with Gasteiger partial charge in [-0.2, -0.15) is 0 Å². The van der Waals surface area contributed by atoms with E-state index in [1.165, 1.54) is 12.3 Å². The molecular weight excluding hydrogens is 330 g/mol. The first-order valence-corrected chi connectivity index (χ1v) is 8.13. The lowest BCUT2D eigenvalue weighted by atomic mass is 10.1. The zero-order chi connectivity index (χ0) is 17.1. The summed E-state index contributed by atoms with van der Waals surface area (Å²) in [5.74, 6) is -0.479. The highest BCUT2D eigenvalue weighted by atomic mass is 35.5. The Morgan fingerprint density at radius 3 is 2.88 bits per heavy atom. The van der Waals surface area contributed by atoms with Crippen molar-refractivity contribution in [2.75, 3.05) is 18.4 Å². The van der Waals surface area contributed by atoms with Gasteiger partial charge in [-0.15, -0.1) is 0 Å². The minimum atomic E-state index is -0.469. The predicted octanol–water partition coefficient (Wildman–Crippen LogP) is 2.52. The van der Waals surface area contributed by atoms with Gasteiger partial charge in [0.1, 0.15) is 5.69 Å². The summed E-state index contributed by atoms with van der Waals surface area (Å²) >= 11 is 5.79. The number of anilines is 1. The molecule has 1 fully saturated rings. The number of carbonyl (C=O) groups excluding carboxylic acids is 2. The number of benzene rings is 1. The van der Waals surface area contributed by atoms with E-state index < -0.39 is 6.10 Å². The molecule has 3 rings (SSSR count). The van der Waals surface area contributed by atoms with Gasteiger partial charge >= 0.3 is 0 Å². The molecule has 1 aromatic heterocycles. The van der Waals surface area contributed by atoms with E-state index in [1.807, 2.05) is 0 Å². The van der Waals surface area contributed by atoms with Crippen LogP contribution in [-0.4, -0.2) is 46.0 Å². The van der Waals surface area contributed by atoms with E-state index in [1.54, 1.807) is 29.2 Å². The van der Waals surface area contributed by atoms with E-state index >= 15 is 0 Å². The van der Waals surface area contributed by atoms with E-state index in [9.17, 15) is 14.7 Å². The zero-order valence-corrected chi connectivity index (χ0v) is 13.7. The highest BCUT2D eigenvalue weighted by molar-refractivity contribution is 6.31. The highest BCUT2D eigenvalue weighted by Crippen LogP contribution is 2.18. The fourth-order valence-corrected chi connectivity index (χ4v) is 2.91. The standard InChI is InChI=1S/C17H18ClN3O3/c18-12-8-15(19-9-12)16(23)20-13-4-1-3-11(7-13)17(24)21-6-2-5-14(22)10-21/h1,3-4,7-9,14,19,22H,2,5-6,10H2,(H,20,23)/t14-/m1/s1. The third kappa shape index (κ3) is 3.77. The number of rotatable bonds is 3. The average Bonchev–Trinajstić information content (AvgIpc) is 3.01. The summed E-state index contributed by atoms with van der Waals surface area (Å²) in [5.41, 5.74) is 1.34. The molecule has 7 heteroatoms. The van der Waals surface area contributed by atoms with E-state index in [4.69, 9.17) is 11.6 Å². The maximum atomic E-state index is 12.5. The van der Waals surface area contributed by atoms with Crippen molar-refractivity contribution in [2.24, 2.45) is 0 Å². The van der Waals surface area contributed by atoms with Crippen molar-refractivity contribution < 1.29 is 14.7 Å². The SMILES string of the molecule is O=C(Nc1cccc(C(=O)N2CCC[C@@H](O)C2)c1)c1cc(Cl)c[nH]1. The smallest absolute Gasteiger partial charge is 0.272 e. The Balaban J connectivity index is 1.71. The van der Waals surface area contributed by atoms with Crippen molar-refractivity contribution in [3.63, 3.8) is 0 Å². The summed E-state index contributed by atoms with van der Waals surface area (Å²) in [6.45, 7) is 0.976. The second-order valence-corrected chi connectivity index (χ2v) is 6.25. The molecule has 2 amide bonds. The van der Waals surface area contributed by atoms with E-state index in [0.29, 0.717) is 35.1 Å². The van der Waals surface area contributed by atoms with Crippen LogP contribution in [0, 0.1) is 0 Å². The Morgan fingerprint density at radius 1 is 1.33 bits per heavy atom. The van der Waals surface area contributed by atoms with Crippen LogP contribution in [0.5, 0.6) is 0 Å². The average molecular weight is 348 g/mol. The fraction of sp³-hybridized carbons (Fsp3) is 0.294. The largest absolute Gasteiger partial charge is 0.391 e. The van der Waals surface area contributed by atoms with Crippen LogP contribution in [0.3, 0.4) is 0 Å². The molecule has 2 heterocycles. The minimum Gasteiger partial charge on any atom is -0.391 e. The Labute approximate surface area is 144 Å². The number of hydrogen-bond acceptors (Lipinski definition) is 3. The zero-order valence-electron chi connectivity index (χ0n) is 13.0. The quantitative estimate of drug-likeness (QED) is 0.797. The van der Waals surface area contributed by atoms with Crippen LogP contribution >= 0.6 is 11.6 Å². The molecule has 0 saturated carbocycles. The maximum absolute atomic E-state index is 12.5. The van der Waals surface area contributed by atoms with Gasteiger partial charge in [0.05, 0.1) is 11.1 Å². The van der Waals surface area contributed by atoms with Crippen LogP contribution in [0.25, 0.3) is 0 Å². The molecule has 1 atom stereocenters. The molecule has 0 unspecified atom stereocenters. The summed E-state index contributed by atoms with van der Waals surface area (Å²) in [6.07, 6.45) is 2.57. The third-order valence-corrected chi connectivity index (χ3v) is 4.16. The fourth-order valence-electron chi connectivity index (χ4n) is 2.75. The van der Waals surface area contributed by atoms with Crippen molar-refractivity contribution in [1.29, 1.82) is 0 Å². The Morgan fingerprint density at radius 2 is 2.17 bits per heavy atom. The first-order valence-electron chi connectivity index (χ1n) is 7.75. The molecule has 0 spiro atoms. The predicted molar refractivity (Wildman–Crippen MR) is 91.3 cm³/mol. The van der Waals surface area contributed by atoms with Crippen molar-refractivity contribution >= 4 is 29.1 Å². The van der Waals surface area contributed by atoms with E-state index in [-0.39, 0.29) is 11.8 Å². The lowest BCUT2D eigenvalue weighted by Crippen LogP contribution is -2.42. The molecule has 126 valence electrons. The van der Waals surface area contributed by atoms with Crippen LogP contribution in [0.15, 0.2) is 36.5 Å². The van der Waals surface area contributed by atoms with Gasteiger partial charge in [-0.25, -0.2) is 0 Å². The molecule has 0 aliphatic carbocycles. The molecular formula is C17H18ClN3O3. The number of nitrogens with one attached hydrogen (secondary N) is 2. The molecule has 0 radical (unpaired) electrons. The van der Waals surface area contributed by atoms with E-state index in [0.717, 1.165) is 12.8 Å². The number of H-pyrrole nitrogens is 1. The number of aliphatic hydroxyl groups excluding tert-OH is 1. The summed E-state index contributed by atoms with van der Waals surface area (Å²) in [7, 11) is 0. The second kappa shape index (κ2) is 7.07. The number of aliphatic hydroxyl groups is 1. The molecule has 1 saturated heterocycles. The maximum Gasteiger partial charge on any atom is 0.272 e. The monoisotopic (exact) mass is 347 g/mol. The summed E-state index contributed by atoms with van der Waals surface area (Å²) in [5, 5.41) is 12.9. The van der Waals surface area contributed by atoms with Gasteiger partial charge in [-0.3, -0.25) is 9.59 Å². The van der Waals surface area contributed by atoms with Gasteiger partial charge in [0.15, 0.2) is 0 Å². The van der Waals surface area contributed by atoms with Crippen LogP contribution in [0.2, 0.25) is 5.02 Å². The molecule has 3 N–H and O–H groups in total. The summed E-state index contributed by atoms with van der Waals surface area (Å²) < 4.78 is 0. The van der Waals surface area contributed by atoms with Crippen LogP contribution in [0.4, 0.5) is 5.69 Å². The number of aromatic amines is 1. The molecule has 1 aromatic carbocycles. The normalized spacial score (nSPS) is 17.6. The lowest BCUT2D eigenvalue weighted by molar-refractivity contribution is 0.0474. The molecule has 1 aliphatic rings. The number of halogens is 1. The van der Waals surface area contributed by atoms with Crippen LogP contribution < -0.4 is 5.32 Å². The number of nitrogens with zero attached hydrogens (tertiary/aromatic N) is 1. The number of likely N-dealkylation sites (tertiary alicyclic amines) is 1. The van der Waals surface area contributed by atoms with Gasteiger partial charge in [0.25, 0.3) is 11.8 Å². The summed E-state index contributed by atoms with van der Waals surface area (Å²) in [4.78, 5) is 29.1. The number of piperidine rings is 1. The first kappa shape index (κ1) is 16.5. The minimum absolute atomic E-state index is 0.146. The summed E-state index contributed by atoms with van der Waals surface area (Å²) in [6, 6.07) is 8.28. The van der Waals surface area contributed by atoms with E-state index in [2.05, 4.69) is 10.3 Å². The molecule has 24 heavy (non-hydrogen) atoms. The highest BCUT2D eigenvalue weighted by Gasteiger charge is 2.23. The molecule has 0 bridgehead atoms. The first-order chi connectivity index (χ1) is 11.5. The number of β-amino-alcohol motifs (C(OH)–C–C–N with tert-alkyl or cyclic N) is 1. The van der Waals surface area contributed by atoms with Crippen molar-refractivity contribution in [2.45, 2.75) is 18.9 Å². The topological polar surface area (TPSA) is 85.4 Å². The van der Waals surface area contributed by atoms with Crippen LogP contribution in [0.1, 0.15) is 33.7 Å². The molecule has 6 nitrogen and oxygen atoms in total. The van der Waals surface area contributed by atoms with Crippen molar-refractivity contribution in [3.05, 3.63) is 52.8 Å². The van der Waals surface area contributed by atoms with Gasteiger partial charge in [-0.05, 0) is 37.1 Å². The molecule has 2 aromatic rings. The second-order valence-electron chi connectivity index (χ2n) is 5.81. The number of carbonyl (C=O) groups is 2.